The van der Waals surface area contributed by atoms with E-state index in [1.54, 1.807) is 12.1 Å². The molecule has 80 valence electrons. The fourth-order valence-corrected chi connectivity index (χ4v) is 1.59. The number of nitrogens with one attached hydrogen (secondary N) is 1. The first-order valence-corrected chi connectivity index (χ1v) is 5.79. The summed E-state index contributed by atoms with van der Waals surface area (Å²) in [5.41, 5.74) is 0.524. The summed E-state index contributed by atoms with van der Waals surface area (Å²) in [6.07, 6.45) is 2.09. The van der Waals surface area contributed by atoms with Crippen LogP contribution < -0.4 is 5.32 Å². The Morgan fingerprint density at radius 2 is 1.93 bits per heavy atom. The molecule has 1 aliphatic carbocycles. The lowest BCUT2D eigenvalue weighted by molar-refractivity contribution is 0.0951. The number of hydrogen-bond acceptors (Lipinski definition) is 2. The second-order valence-electron chi connectivity index (χ2n) is 3.52. The van der Waals surface area contributed by atoms with Gasteiger partial charge >= 0.3 is 0 Å². The van der Waals surface area contributed by atoms with Gasteiger partial charge in [-0.2, -0.15) is 0 Å². The van der Waals surface area contributed by atoms with E-state index in [4.69, 9.17) is 4.55 Å². The molecule has 0 radical (unpaired) electrons. The maximum Gasteiger partial charge on any atom is 0.251 e. The topological polar surface area (TPSA) is 66.4 Å². The minimum atomic E-state index is -1.98. The van der Waals surface area contributed by atoms with Crippen molar-refractivity contribution in [3.05, 3.63) is 29.8 Å². The van der Waals surface area contributed by atoms with Crippen molar-refractivity contribution >= 4 is 17.0 Å². The van der Waals surface area contributed by atoms with Crippen molar-refractivity contribution in [3.8, 4) is 0 Å². The molecule has 1 aromatic rings. The maximum atomic E-state index is 11.5. The van der Waals surface area contributed by atoms with Gasteiger partial charge in [0.2, 0.25) is 0 Å². The van der Waals surface area contributed by atoms with E-state index in [-0.39, 0.29) is 5.91 Å². The summed E-state index contributed by atoms with van der Waals surface area (Å²) in [5.74, 6) is -0.118. The molecule has 0 bridgehead atoms. The molecule has 2 rings (SSSR count). The van der Waals surface area contributed by atoms with Gasteiger partial charge in [0.15, 0.2) is 11.1 Å². The Balaban J connectivity index is 2.08. The molecule has 1 amide bonds. The Kier molecular flexibility index (Phi) is 2.83. The van der Waals surface area contributed by atoms with Crippen LogP contribution in [0.1, 0.15) is 23.2 Å². The second kappa shape index (κ2) is 4.12. The lowest BCUT2D eigenvalue weighted by Crippen LogP contribution is -2.25. The van der Waals surface area contributed by atoms with E-state index in [2.05, 4.69) is 5.32 Å². The van der Waals surface area contributed by atoms with Crippen LogP contribution in [0.5, 0.6) is 0 Å². The lowest BCUT2D eigenvalue weighted by Gasteiger charge is -2.03. The van der Waals surface area contributed by atoms with Crippen molar-refractivity contribution < 1.29 is 13.6 Å². The van der Waals surface area contributed by atoms with E-state index in [1.165, 1.54) is 12.1 Å². The summed E-state index contributed by atoms with van der Waals surface area (Å²) in [4.78, 5) is 11.8. The van der Waals surface area contributed by atoms with E-state index >= 15 is 0 Å². The summed E-state index contributed by atoms with van der Waals surface area (Å²) in [7, 11) is 0. The van der Waals surface area contributed by atoms with Crippen LogP contribution >= 0.6 is 0 Å². The smallest absolute Gasteiger partial charge is 0.251 e. The van der Waals surface area contributed by atoms with Gasteiger partial charge in [0.25, 0.3) is 5.91 Å². The van der Waals surface area contributed by atoms with Crippen molar-refractivity contribution in [2.45, 2.75) is 23.8 Å². The van der Waals surface area contributed by atoms with Crippen molar-refractivity contribution in [2.75, 3.05) is 0 Å². The average molecular weight is 225 g/mol. The van der Waals surface area contributed by atoms with Gasteiger partial charge in [-0.3, -0.25) is 4.79 Å². The standard InChI is InChI=1S/C10H11NO3S/c12-10(11-8-3-4-8)7-1-5-9(6-2-7)15(13)14/h1-2,5-6,8H,3-4H2,(H,11,12)(H,13,14). The van der Waals surface area contributed by atoms with Crippen LogP contribution in [0, 0.1) is 0 Å². The molecule has 1 atom stereocenters. The summed E-state index contributed by atoms with van der Waals surface area (Å²) >= 11 is -1.98. The van der Waals surface area contributed by atoms with Gasteiger partial charge in [0.1, 0.15) is 0 Å². The molecule has 1 aromatic carbocycles. The van der Waals surface area contributed by atoms with Crippen molar-refractivity contribution in [2.24, 2.45) is 0 Å². The predicted molar refractivity (Wildman–Crippen MR) is 56.0 cm³/mol. The van der Waals surface area contributed by atoms with Gasteiger partial charge in [-0.05, 0) is 37.1 Å². The third kappa shape index (κ3) is 2.64. The van der Waals surface area contributed by atoms with Gasteiger partial charge in [0.05, 0.1) is 4.90 Å². The molecule has 2 N–H and O–H groups in total. The molecule has 0 spiro atoms. The highest BCUT2D eigenvalue weighted by Gasteiger charge is 2.23. The quantitative estimate of drug-likeness (QED) is 0.758. The van der Waals surface area contributed by atoms with Crippen molar-refractivity contribution in [1.29, 1.82) is 0 Å². The highest BCUT2D eigenvalue weighted by Crippen LogP contribution is 2.19. The van der Waals surface area contributed by atoms with E-state index in [0.717, 1.165) is 12.8 Å². The maximum absolute atomic E-state index is 11.5. The average Bonchev–Trinajstić information content (AvgIpc) is 3.02. The van der Waals surface area contributed by atoms with Crippen molar-refractivity contribution in [3.63, 3.8) is 0 Å². The zero-order valence-corrected chi connectivity index (χ0v) is 8.79. The first-order chi connectivity index (χ1) is 7.16. The number of hydrogen-bond donors (Lipinski definition) is 2. The molecular formula is C10H11NO3S. The van der Waals surface area contributed by atoms with Crippen LogP contribution in [-0.4, -0.2) is 20.7 Å². The largest absolute Gasteiger partial charge is 0.349 e. The van der Waals surface area contributed by atoms with Gasteiger partial charge < -0.3 is 9.87 Å². The zero-order chi connectivity index (χ0) is 10.8. The first kappa shape index (κ1) is 10.3. The van der Waals surface area contributed by atoms with Gasteiger partial charge in [-0.25, -0.2) is 4.21 Å². The monoisotopic (exact) mass is 225 g/mol. The molecule has 5 heteroatoms. The fraction of sp³-hybridized carbons (Fsp3) is 0.300. The van der Waals surface area contributed by atoms with Crippen LogP contribution in [0.2, 0.25) is 0 Å². The highest BCUT2D eigenvalue weighted by atomic mass is 32.2. The molecule has 0 aromatic heterocycles. The van der Waals surface area contributed by atoms with Crippen LogP contribution in [-0.2, 0) is 11.1 Å². The van der Waals surface area contributed by atoms with Gasteiger partial charge in [-0.1, -0.05) is 0 Å². The van der Waals surface area contributed by atoms with Crippen LogP contribution in [0.3, 0.4) is 0 Å². The van der Waals surface area contributed by atoms with E-state index in [0.29, 0.717) is 16.5 Å². The molecule has 15 heavy (non-hydrogen) atoms. The SMILES string of the molecule is O=C(NC1CC1)c1ccc(S(=O)O)cc1. The molecule has 4 nitrogen and oxygen atoms in total. The second-order valence-corrected chi connectivity index (χ2v) is 4.49. The summed E-state index contributed by atoms with van der Waals surface area (Å²) in [5, 5.41) is 2.84. The van der Waals surface area contributed by atoms with Gasteiger partial charge in [0, 0.05) is 11.6 Å². The minimum absolute atomic E-state index is 0.118. The molecule has 0 heterocycles. The number of carbonyl (C=O) groups excluding carboxylic acids is 1. The van der Waals surface area contributed by atoms with E-state index in [1.807, 2.05) is 0 Å². The number of rotatable bonds is 3. The molecule has 1 fully saturated rings. The molecular weight excluding hydrogens is 214 g/mol. The Bertz CT molecular complexity index is 398. The Hall–Kier alpha value is -1.20. The van der Waals surface area contributed by atoms with Crippen LogP contribution in [0.15, 0.2) is 29.2 Å². The zero-order valence-electron chi connectivity index (χ0n) is 7.97. The third-order valence-corrected chi connectivity index (χ3v) is 2.91. The highest BCUT2D eigenvalue weighted by molar-refractivity contribution is 7.79. The minimum Gasteiger partial charge on any atom is -0.349 e. The lowest BCUT2D eigenvalue weighted by atomic mass is 10.2. The van der Waals surface area contributed by atoms with Crippen molar-refractivity contribution in [1.82, 2.24) is 5.32 Å². The molecule has 0 aliphatic heterocycles. The Labute approximate surface area is 90.0 Å². The van der Waals surface area contributed by atoms with E-state index in [9.17, 15) is 9.00 Å². The Morgan fingerprint density at radius 3 is 2.40 bits per heavy atom. The van der Waals surface area contributed by atoms with Crippen LogP contribution in [0.25, 0.3) is 0 Å². The summed E-state index contributed by atoms with van der Waals surface area (Å²) in [6, 6.07) is 6.40. The third-order valence-electron chi connectivity index (χ3n) is 2.23. The first-order valence-electron chi connectivity index (χ1n) is 4.68. The predicted octanol–water partition coefficient (Wildman–Crippen LogP) is 1.16. The van der Waals surface area contributed by atoms with Crippen LogP contribution in [0.4, 0.5) is 0 Å². The molecule has 1 aliphatic rings. The summed E-state index contributed by atoms with van der Waals surface area (Å²) < 4.78 is 19.5. The fourth-order valence-electron chi connectivity index (χ4n) is 1.22. The van der Waals surface area contributed by atoms with E-state index < -0.39 is 11.1 Å². The Morgan fingerprint density at radius 1 is 1.33 bits per heavy atom. The normalized spacial score (nSPS) is 17.1. The number of benzene rings is 1. The molecule has 1 unspecified atom stereocenters. The molecule has 1 saturated carbocycles. The molecule has 0 saturated heterocycles. The number of carbonyl (C=O) groups is 1. The number of amides is 1. The summed E-state index contributed by atoms with van der Waals surface area (Å²) in [6.45, 7) is 0. The van der Waals surface area contributed by atoms with Gasteiger partial charge in [-0.15, -0.1) is 0 Å².